The monoisotopic (exact) mass is 262 g/mol. The molecule has 0 saturated carbocycles. The van der Waals surface area contributed by atoms with Gasteiger partial charge in [0, 0.05) is 36.9 Å². The molecule has 0 spiro atoms. The van der Waals surface area contributed by atoms with Gasteiger partial charge in [-0.05, 0) is 0 Å². The Bertz CT molecular complexity index is 355. The molecule has 1 rings (SSSR count). The van der Waals surface area contributed by atoms with E-state index in [4.69, 9.17) is 10.7 Å². The molecule has 0 unspecified atom stereocenters. The lowest BCUT2D eigenvalue weighted by Gasteiger charge is -2.30. The van der Waals surface area contributed by atoms with Gasteiger partial charge in [0.2, 0.25) is 10.0 Å². The summed E-state index contributed by atoms with van der Waals surface area (Å²) in [7, 11) is -1.83. The molecule has 6 nitrogen and oxygen atoms in total. The third-order valence-corrected chi connectivity index (χ3v) is 4.85. The van der Waals surface area contributed by atoms with Crippen molar-refractivity contribution < 1.29 is 16.8 Å². The lowest BCUT2D eigenvalue weighted by atomic mass is 10.4. The molecule has 0 radical (unpaired) electrons. The highest BCUT2D eigenvalue weighted by Crippen LogP contribution is 2.12. The van der Waals surface area contributed by atoms with Crippen LogP contribution in [-0.2, 0) is 19.3 Å². The third kappa shape index (κ3) is 3.06. The number of rotatable bonds is 2. The Kier molecular flexibility index (Phi) is 3.42. The molecule has 1 saturated heterocycles. The van der Waals surface area contributed by atoms with Gasteiger partial charge in [-0.2, -0.15) is 17.0 Å². The zero-order valence-electron chi connectivity index (χ0n) is 7.55. The quantitative estimate of drug-likeness (QED) is 0.601. The largest absolute Gasteiger partial charge is 0.299 e. The number of hydrogen-bond acceptors (Lipinski definition) is 4. The molecule has 9 heteroatoms. The number of sulfonamides is 1. The summed E-state index contributed by atoms with van der Waals surface area (Å²) in [5, 5.41) is 0. The average molecular weight is 263 g/mol. The molecule has 0 N–H and O–H groups in total. The lowest BCUT2D eigenvalue weighted by molar-refractivity contribution is 0.277. The lowest BCUT2D eigenvalue weighted by Crippen LogP contribution is -2.49. The highest BCUT2D eigenvalue weighted by atomic mass is 35.7. The fourth-order valence-corrected chi connectivity index (χ4v) is 3.06. The van der Waals surface area contributed by atoms with E-state index in [0.29, 0.717) is 0 Å². The van der Waals surface area contributed by atoms with Gasteiger partial charge in [0.05, 0.1) is 6.26 Å². The number of piperazine rings is 1. The van der Waals surface area contributed by atoms with E-state index in [1.54, 1.807) is 0 Å². The molecule has 1 aliphatic heterocycles. The molecule has 0 aliphatic carbocycles. The summed E-state index contributed by atoms with van der Waals surface area (Å²) in [4.78, 5) is 0. The van der Waals surface area contributed by atoms with Crippen molar-refractivity contribution in [3.8, 4) is 0 Å². The van der Waals surface area contributed by atoms with Crippen LogP contribution >= 0.6 is 10.7 Å². The first-order chi connectivity index (χ1) is 6.21. The maximum absolute atomic E-state index is 11.1. The molecule has 0 amide bonds. The minimum absolute atomic E-state index is 0.110. The van der Waals surface area contributed by atoms with E-state index >= 15 is 0 Å². The summed E-state index contributed by atoms with van der Waals surface area (Å²) < 4.78 is 46.1. The summed E-state index contributed by atoms with van der Waals surface area (Å²) in [6.07, 6.45) is 1.10. The van der Waals surface area contributed by atoms with Crippen LogP contribution in [0.1, 0.15) is 0 Å². The van der Waals surface area contributed by atoms with Crippen molar-refractivity contribution in [1.29, 1.82) is 0 Å². The smallest absolute Gasteiger partial charge is 0.213 e. The first-order valence-electron chi connectivity index (χ1n) is 3.86. The van der Waals surface area contributed by atoms with Gasteiger partial charge in [-0.25, -0.2) is 8.42 Å². The Hall–Kier alpha value is 0.110. The molecule has 1 aliphatic rings. The normalized spacial score (nSPS) is 22.4. The van der Waals surface area contributed by atoms with Gasteiger partial charge < -0.3 is 0 Å². The molecule has 0 aromatic heterocycles. The van der Waals surface area contributed by atoms with E-state index in [9.17, 15) is 16.8 Å². The van der Waals surface area contributed by atoms with Crippen LogP contribution in [0.25, 0.3) is 0 Å². The Morgan fingerprint density at radius 2 is 1.29 bits per heavy atom. The van der Waals surface area contributed by atoms with Crippen molar-refractivity contribution in [2.75, 3.05) is 32.4 Å². The van der Waals surface area contributed by atoms with Gasteiger partial charge in [-0.3, -0.25) is 0 Å². The predicted molar refractivity (Wildman–Crippen MR) is 52.8 cm³/mol. The number of nitrogens with zero attached hydrogens (tertiary/aromatic N) is 2. The second-order valence-electron chi connectivity index (χ2n) is 3.00. The Labute approximate surface area is 88.0 Å². The van der Waals surface area contributed by atoms with Crippen LogP contribution in [0.2, 0.25) is 0 Å². The molecule has 0 atom stereocenters. The van der Waals surface area contributed by atoms with Crippen molar-refractivity contribution in [3.05, 3.63) is 0 Å². The zero-order valence-corrected chi connectivity index (χ0v) is 9.94. The van der Waals surface area contributed by atoms with Gasteiger partial charge in [-0.15, -0.1) is 0 Å². The highest BCUT2D eigenvalue weighted by molar-refractivity contribution is 8.11. The zero-order chi connectivity index (χ0) is 11.0. The summed E-state index contributed by atoms with van der Waals surface area (Å²) in [6, 6.07) is 0. The van der Waals surface area contributed by atoms with Crippen LogP contribution in [0, 0.1) is 0 Å². The molecule has 84 valence electrons. The van der Waals surface area contributed by atoms with Crippen LogP contribution in [0.5, 0.6) is 0 Å². The fraction of sp³-hybridized carbons (Fsp3) is 1.00. The first-order valence-corrected chi connectivity index (χ1v) is 7.97. The molecular weight excluding hydrogens is 252 g/mol. The Balaban J connectivity index is 2.65. The maximum Gasteiger partial charge on any atom is 0.299 e. The third-order valence-electron chi connectivity index (χ3n) is 1.98. The van der Waals surface area contributed by atoms with Crippen molar-refractivity contribution in [2.24, 2.45) is 0 Å². The van der Waals surface area contributed by atoms with E-state index < -0.39 is 19.3 Å². The second-order valence-corrected chi connectivity index (χ2v) is 7.50. The molecule has 0 bridgehead atoms. The molecule has 1 fully saturated rings. The van der Waals surface area contributed by atoms with E-state index in [1.165, 1.54) is 4.31 Å². The SMILES string of the molecule is CS(=O)(=O)N1CCN(S(=O)(=O)Cl)CC1. The topological polar surface area (TPSA) is 74.8 Å². The molecule has 1 heterocycles. The molecular formula is C5H11ClN2O4S2. The van der Waals surface area contributed by atoms with Gasteiger partial charge >= 0.3 is 0 Å². The van der Waals surface area contributed by atoms with Crippen molar-refractivity contribution in [3.63, 3.8) is 0 Å². The molecule has 0 aromatic rings. The molecule has 14 heavy (non-hydrogen) atoms. The summed E-state index contributed by atoms with van der Waals surface area (Å²) in [5.41, 5.74) is 0. The van der Waals surface area contributed by atoms with Gasteiger partial charge in [-0.1, -0.05) is 0 Å². The minimum atomic E-state index is -3.71. The van der Waals surface area contributed by atoms with Crippen molar-refractivity contribution >= 4 is 29.9 Å². The van der Waals surface area contributed by atoms with E-state index in [0.717, 1.165) is 10.6 Å². The van der Waals surface area contributed by atoms with Crippen LogP contribution < -0.4 is 0 Å². The van der Waals surface area contributed by atoms with E-state index in [-0.39, 0.29) is 26.2 Å². The van der Waals surface area contributed by atoms with E-state index in [1.807, 2.05) is 0 Å². The van der Waals surface area contributed by atoms with Crippen LogP contribution in [0.15, 0.2) is 0 Å². The van der Waals surface area contributed by atoms with Crippen LogP contribution in [0.4, 0.5) is 0 Å². The van der Waals surface area contributed by atoms with Crippen molar-refractivity contribution in [1.82, 2.24) is 8.61 Å². The Morgan fingerprint density at radius 1 is 0.929 bits per heavy atom. The first kappa shape index (κ1) is 12.2. The highest BCUT2D eigenvalue weighted by Gasteiger charge is 2.28. The maximum atomic E-state index is 11.1. The summed E-state index contributed by atoms with van der Waals surface area (Å²) >= 11 is 0. The van der Waals surface area contributed by atoms with Crippen molar-refractivity contribution in [2.45, 2.75) is 0 Å². The fourth-order valence-electron chi connectivity index (χ4n) is 1.22. The van der Waals surface area contributed by atoms with E-state index in [2.05, 4.69) is 0 Å². The van der Waals surface area contributed by atoms with Gasteiger partial charge in [0.25, 0.3) is 9.24 Å². The van der Waals surface area contributed by atoms with Gasteiger partial charge in [0.1, 0.15) is 0 Å². The average Bonchev–Trinajstić information content (AvgIpc) is 2.01. The standard InChI is InChI=1S/C5H11ClN2O4S2/c1-13(9,10)7-2-4-8(5-3-7)14(6,11)12/h2-5H2,1H3. The molecule has 0 aromatic carbocycles. The van der Waals surface area contributed by atoms with Crippen LogP contribution in [-0.4, -0.2) is 57.9 Å². The Morgan fingerprint density at radius 3 is 1.57 bits per heavy atom. The summed E-state index contributed by atoms with van der Waals surface area (Å²) in [5.74, 6) is 0. The number of hydrogen-bond donors (Lipinski definition) is 0. The predicted octanol–water partition coefficient (Wildman–Crippen LogP) is -0.953. The number of halogens is 1. The van der Waals surface area contributed by atoms with Gasteiger partial charge in [0.15, 0.2) is 0 Å². The summed E-state index contributed by atoms with van der Waals surface area (Å²) in [6.45, 7) is 0.535. The van der Waals surface area contributed by atoms with Crippen LogP contribution in [0.3, 0.4) is 0 Å². The minimum Gasteiger partial charge on any atom is -0.213 e. The second kappa shape index (κ2) is 3.93.